The van der Waals surface area contributed by atoms with Gasteiger partial charge in [0.15, 0.2) is 0 Å². The Bertz CT molecular complexity index is 1510. The average molecular weight is 477 g/mol. The third kappa shape index (κ3) is 4.11. The van der Waals surface area contributed by atoms with Gasteiger partial charge >= 0.3 is 0 Å². The third-order valence-electron chi connectivity index (χ3n) is 6.19. The standard InChI is InChI=1S/C29H25FN6/c1-18-9-8-12-21-15-22(36(19(2)25(18)21)24-14-7-6-13-23(24)30)16-33-29-26(28(32)34-17-35-29)27(31)20-10-4-3-5-11-20/h3-15,17,31H,2,16H2,1H3,(H3,32,33,34,35). The molecule has 0 radical (unpaired) electrons. The summed E-state index contributed by atoms with van der Waals surface area (Å²) in [4.78, 5) is 10.3. The van der Waals surface area contributed by atoms with E-state index < -0.39 is 0 Å². The highest BCUT2D eigenvalue weighted by Crippen LogP contribution is 2.39. The van der Waals surface area contributed by atoms with Crippen molar-refractivity contribution in [3.05, 3.63) is 125 Å². The third-order valence-corrected chi connectivity index (χ3v) is 6.19. The normalized spacial score (nSPS) is 12.7. The molecular weight excluding hydrogens is 451 g/mol. The van der Waals surface area contributed by atoms with E-state index in [1.54, 1.807) is 18.2 Å². The maximum atomic E-state index is 15.0. The number of fused-ring (bicyclic) bond motifs is 1. The number of nitrogens with zero attached hydrogens (tertiary/aromatic N) is 3. The maximum Gasteiger partial charge on any atom is 0.147 e. The van der Waals surface area contributed by atoms with Crippen molar-refractivity contribution in [3.8, 4) is 0 Å². The van der Waals surface area contributed by atoms with Crippen LogP contribution in [0.15, 0.2) is 91.4 Å². The van der Waals surface area contributed by atoms with E-state index in [2.05, 4.69) is 21.9 Å². The molecule has 0 aliphatic carbocycles. The van der Waals surface area contributed by atoms with Gasteiger partial charge in [-0.05, 0) is 36.3 Å². The number of anilines is 3. The van der Waals surface area contributed by atoms with Crippen molar-refractivity contribution in [2.45, 2.75) is 6.92 Å². The monoisotopic (exact) mass is 476 g/mol. The van der Waals surface area contributed by atoms with Gasteiger partial charge in [-0.1, -0.05) is 67.2 Å². The molecule has 7 heteroatoms. The van der Waals surface area contributed by atoms with E-state index in [1.165, 1.54) is 12.4 Å². The largest absolute Gasteiger partial charge is 0.383 e. The molecule has 0 unspecified atom stereocenters. The van der Waals surface area contributed by atoms with Gasteiger partial charge in [-0.25, -0.2) is 14.4 Å². The summed E-state index contributed by atoms with van der Waals surface area (Å²) >= 11 is 0. The van der Waals surface area contributed by atoms with E-state index >= 15 is 0 Å². The van der Waals surface area contributed by atoms with Gasteiger partial charge in [0, 0.05) is 22.5 Å². The highest BCUT2D eigenvalue weighted by molar-refractivity contribution is 6.16. The Morgan fingerprint density at radius 2 is 1.78 bits per heavy atom. The van der Waals surface area contributed by atoms with Crippen LogP contribution in [-0.4, -0.2) is 22.2 Å². The quantitative estimate of drug-likeness (QED) is 0.303. The lowest BCUT2D eigenvalue weighted by Gasteiger charge is -2.35. The summed E-state index contributed by atoms with van der Waals surface area (Å²) in [6, 6.07) is 22.0. The molecule has 0 saturated carbocycles. The van der Waals surface area contributed by atoms with Crippen LogP contribution in [0.1, 0.15) is 27.8 Å². The Labute approximate surface area is 209 Å². The van der Waals surface area contributed by atoms with Crippen molar-refractivity contribution in [2.24, 2.45) is 0 Å². The number of benzene rings is 3. The van der Waals surface area contributed by atoms with Crippen LogP contribution in [-0.2, 0) is 0 Å². The summed E-state index contributed by atoms with van der Waals surface area (Å²) in [7, 11) is 0. The number of hydrogen-bond donors (Lipinski definition) is 3. The zero-order valence-corrected chi connectivity index (χ0v) is 19.8. The van der Waals surface area contributed by atoms with Crippen molar-refractivity contribution >= 4 is 34.8 Å². The smallest absolute Gasteiger partial charge is 0.147 e. The molecule has 5 rings (SSSR count). The number of para-hydroxylation sites is 1. The predicted octanol–water partition coefficient (Wildman–Crippen LogP) is 5.87. The van der Waals surface area contributed by atoms with Crippen LogP contribution in [0.3, 0.4) is 0 Å². The second-order valence-corrected chi connectivity index (χ2v) is 8.49. The van der Waals surface area contributed by atoms with Crippen LogP contribution in [0.5, 0.6) is 0 Å². The number of nitrogens with one attached hydrogen (secondary N) is 2. The van der Waals surface area contributed by atoms with Gasteiger partial charge in [0.25, 0.3) is 0 Å². The summed E-state index contributed by atoms with van der Waals surface area (Å²) in [5, 5.41) is 12.1. The first-order chi connectivity index (χ1) is 17.5. The minimum Gasteiger partial charge on any atom is -0.383 e. The Morgan fingerprint density at radius 1 is 1.03 bits per heavy atom. The molecule has 0 saturated heterocycles. The Balaban J connectivity index is 1.55. The number of hydrogen-bond acceptors (Lipinski definition) is 6. The molecule has 0 bridgehead atoms. The fourth-order valence-electron chi connectivity index (χ4n) is 4.50. The van der Waals surface area contributed by atoms with Crippen LogP contribution >= 0.6 is 0 Å². The molecule has 4 N–H and O–H groups in total. The molecule has 1 aliphatic rings. The second-order valence-electron chi connectivity index (χ2n) is 8.49. The zero-order valence-electron chi connectivity index (χ0n) is 19.8. The highest BCUT2D eigenvalue weighted by atomic mass is 19.1. The van der Waals surface area contributed by atoms with E-state index in [9.17, 15) is 4.39 Å². The minimum absolute atomic E-state index is 0.204. The van der Waals surface area contributed by atoms with Crippen molar-refractivity contribution in [1.29, 1.82) is 5.41 Å². The summed E-state index contributed by atoms with van der Waals surface area (Å²) in [6.45, 7) is 6.63. The van der Waals surface area contributed by atoms with E-state index in [0.29, 0.717) is 28.3 Å². The fraction of sp³-hybridized carbons (Fsp3) is 0.0690. The van der Waals surface area contributed by atoms with E-state index in [1.807, 2.05) is 66.4 Å². The molecule has 178 valence electrons. The van der Waals surface area contributed by atoms with Gasteiger partial charge in [0.05, 0.1) is 23.5 Å². The molecular formula is C29H25FN6. The topological polar surface area (TPSA) is 90.9 Å². The van der Waals surface area contributed by atoms with Crippen LogP contribution in [0, 0.1) is 18.2 Å². The van der Waals surface area contributed by atoms with Crippen molar-refractivity contribution < 1.29 is 4.39 Å². The molecule has 1 aromatic heterocycles. The SMILES string of the molecule is C=C1c2c(C)cccc2C=C(CNc2ncnc(N)c2C(=N)c2ccccc2)N1c1ccccc1F. The number of rotatable bonds is 6. The first-order valence-electron chi connectivity index (χ1n) is 11.5. The van der Waals surface area contributed by atoms with Crippen LogP contribution < -0.4 is 16.0 Å². The number of aromatic nitrogens is 2. The number of nitrogen functional groups attached to an aromatic ring is 1. The summed E-state index contributed by atoms with van der Waals surface area (Å²) < 4.78 is 15.0. The lowest BCUT2D eigenvalue weighted by atomic mass is 9.93. The first-order valence-corrected chi connectivity index (χ1v) is 11.5. The average Bonchev–Trinajstić information content (AvgIpc) is 2.88. The molecule has 36 heavy (non-hydrogen) atoms. The zero-order chi connectivity index (χ0) is 25.2. The predicted molar refractivity (Wildman–Crippen MR) is 144 cm³/mol. The lowest BCUT2D eigenvalue weighted by molar-refractivity contribution is 0.627. The number of nitrogens with two attached hydrogens (primary N) is 1. The van der Waals surface area contributed by atoms with Gasteiger partial charge in [-0.2, -0.15) is 0 Å². The Hall–Kier alpha value is -4.78. The Kier molecular flexibility index (Phi) is 6.04. The molecule has 0 spiro atoms. The molecule has 6 nitrogen and oxygen atoms in total. The molecule has 2 heterocycles. The van der Waals surface area contributed by atoms with E-state index in [-0.39, 0.29) is 23.9 Å². The van der Waals surface area contributed by atoms with Crippen LogP contribution in [0.2, 0.25) is 0 Å². The van der Waals surface area contributed by atoms with Crippen LogP contribution in [0.4, 0.5) is 21.7 Å². The molecule has 3 aromatic carbocycles. The van der Waals surface area contributed by atoms with Gasteiger partial charge in [0.2, 0.25) is 0 Å². The number of halogens is 1. The van der Waals surface area contributed by atoms with E-state index in [0.717, 1.165) is 22.4 Å². The van der Waals surface area contributed by atoms with Gasteiger partial charge in [-0.3, -0.25) is 5.41 Å². The minimum atomic E-state index is -0.348. The molecule has 0 atom stereocenters. The summed E-state index contributed by atoms with van der Waals surface area (Å²) in [5.41, 5.74) is 12.4. The van der Waals surface area contributed by atoms with E-state index in [4.69, 9.17) is 11.1 Å². The van der Waals surface area contributed by atoms with Crippen molar-refractivity contribution in [2.75, 3.05) is 22.5 Å². The Morgan fingerprint density at radius 3 is 2.56 bits per heavy atom. The van der Waals surface area contributed by atoms with Gasteiger partial charge < -0.3 is 16.0 Å². The molecule has 1 aliphatic heterocycles. The first kappa shape index (κ1) is 23.0. The molecule has 4 aromatic rings. The summed E-state index contributed by atoms with van der Waals surface area (Å²) in [6.07, 6.45) is 3.38. The molecule has 0 amide bonds. The highest BCUT2D eigenvalue weighted by Gasteiger charge is 2.27. The lowest BCUT2D eigenvalue weighted by Crippen LogP contribution is -2.29. The molecule has 0 fully saturated rings. The maximum absolute atomic E-state index is 15.0. The van der Waals surface area contributed by atoms with Crippen LogP contribution in [0.25, 0.3) is 11.8 Å². The van der Waals surface area contributed by atoms with Crippen molar-refractivity contribution in [3.63, 3.8) is 0 Å². The fourth-order valence-corrected chi connectivity index (χ4v) is 4.50. The second kappa shape index (κ2) is 9.46. The van der Waals surface area contributed by atoms with Gasteiger partial charge in [0.1, 0.15) is 23.8 Å². The summed E-state index contributed by atoms with van der Waals surface area (Å²) in [5.74, 6) is 0.279. The van der Waals surface area contributed by atoms with Gasteiger partial charge in [-0.15, -0.1) is 0 Å². The number of aryl methyl sites for hydroxylation is 1. The van der Waals surface area contributed by atoms with Crippen molar-refractivity contribution in [1.82, 2.24) is 9.97 Å².